The Balaban J connectivity index is 5.04. The quantitative estimate of drug-likeness (QED) is 0.172. The van der Waals surface area contributed by atoms with Crippen LogP contribution in [0.25, 0.3) is 0 Å². The number of amides is 3. The van der Waals surface area contributed by atoms with Crippen LogP contribution in [0.4, 0.5) is 0 Å². The predicted molar refractivity (Wildman–Crippen MR) is 100 cm³/mol. The van der Waals surface area contributed by atoms with Gasteiger partial charge in [0.15, 0.2) is 0 Å². The molecular formula is C17H30N4O8. The first kappa shape index (κ1) is 26.3. The summed E-state index contributed by atoms with van der Waals surface area (Å²) in [5.74, 6) is -4.83. The van der Waals surface area contributed by atoms with Gasteiger partial charge in [-0.05, 0) is 25.7 Å². The smallest absolute Gasteiger partial charge is 0.325 e. The van der Waals surface area contributed by atoms with E-state index in [0.717, 1.165) is 0 Å². The Labute approximate surface area is 168 Å². The number of carboxylic acids is 2. The van der Waals surface area contributed by atoms with Crippen LogP contribution in [-0.2, 0) is 24.0 Å². The summed E-state index contributed by atoms with van der Waals surface area (Å²) in [6, 6.07) is -4.87. The molecule has 8 N–H and O–H groups in total. The lowest BCUT2D eigenvalue weighted by Gasteiger charge is -2.24. The molecule has 0 rings (SSSR count). The van der Waals surface area contributed by atoms with Crippen molar-refractivity contribution < 1.29 is 39.3 Å². The molecule has 4 atom stereocenters. The molecule has 0 aromatic rings. The third kappa shape index (κ3) is 10.4. The maximum Gasteiger partial charge on any atom is 0.325 e. The van der Waals surface area contributed by atoms with Crippen LogP contribution < -0.4 is 21.7 Å². The third-order valence-corrected chi connectivity index (χ3v) is 3.89. The molecule has 0 aromatic heterocycles. The molecule has 0 aliphatic carbocycles. The number of nitrogens with two attached hydrogens (primary N) is 1. The van der Waals surface area contributed by atoms with Crippen LogP contribution >= 0.6 is 0 Å². The van der Waals surface area contributed by atoms with Crippen LogP contribution in [0.15, 0.2) is 0 Å². The van der Waals surface area contributed by atoms with E-state index in [-0.39, 0.29) is 25.2 Å². The predicted octanol–water partition coefficient (Wildman–Crippen LogP) is -2.22. The molecule has 0 fully saturated rings. The normalized spacial score (nSPS) is 15.0. The fourth-order valence-corrected chi connectivity index (χ4v) is 2.23. The number of aliphatic hydroxyl groups excluding tert-OH is 1. The molecule has 0 saturated carbocycles. The van der Waals surface area contributed by atoms with E-state index in [4.69, 9.17) is 15.9 Å². The number of hydrogen-bond acceptors (Lipinski definition) is 7. The standard InChI is InChI=1S/C17H30N4O8/c1-8(2)6-11(15(26)19-9(3)17(28)29)20-16(27)12(7-22)21-14(25)10(18)4-5-13(23)24/h8-12,22H,4-7,18H2,1-3H3,(H,19,26)(H,20,27)(H,21,25)(H,23,24)(H,28,29). The van der Waals surface area contributed by atoms with Crippen LogP contribution in [-0.4, -0.2) is 75.8 Å². The van der Waals surface area contributed by atoms with Crippen molar-refractivity contribution in [2.24, 2.45) is 11.7 Å². The highest BCUT2D eigenvalue weighted by molar-refractivity contribution is 5.94. The fourth-order valence-electron chi connectivity index (χ4n) is 2.23. The maximum atomic E-state index is 12.4. The van der Waals surface area contributed by atoms with Gasteiger partial charge in [-0.2, -0.15) is 0 Å². The lowest BCUT2D eigenvalue weighted by molar-refractivity contribution is -0.142. The third-order valence-electron chi connectivity index (χ3n) is 3.89. The largest absolute Gasteiger partial charge is 0.481 e. The van der Waals surface area contributed by atoms with Crippen molar-refractivity contribution in [1.29, 1.82) is 0 Å². The summed E-state index contributed by atoms with van der Waals surface area (Å²) < 4.78 is 0. The van der Waals surface area contributed by atoms with Gasteiger partial charge in [0, 0.05) is 6.42 Å². The second kappa shape index (κ2) is 12.7. The van der Waals surface area contributed by atoms with Crippen LogP contribution in [0.1, 0.15) is 40.0 Å². The molecule has 12 heteroatoms. The lowest BCUT2D eigenvalue weighted by atomic mass is 10.0. The zero-order chi connectivity index (χ0) is 22.7. The van der Waals surface area contributed by atoms with Crippen molar-refractivity contribution in [3.05, 3.63) is 0 Å². The molecule has 0 spiro atoms. The number of rotatable bonds is 13. The van der Waals surface area contributed by atoms with Crippen LogP contribution in [0.2, 0.25) is 0 Å². The van der Waals surface area contributed by atoms with Crippen molar-refractivity contribution in [2.45, 2.75) is 64.2 Å². The minimum atomic E-state index is -1.42. The Kier molecular flexibility index (Phi) is 11.5. The number of aliphatic carboxylic acids is 2. The van der Waals surface area contributed by atoms with Crippen molar-refractivity contribution in [3.8, 4) is 0 Å². The Morgan fingerprint density at radius 2 is 1.38 bits per heavy atom. The molecule has 0 aliphatic rings. The second-order valence-electron chi connectivity index (χ2n) is 7.04. The monoisotopic (exact) mass is 418 g/mol. The molecular weight excluding hydrogens is 388 g/mol. The van der Waals surface area contributed by atoms with Gasteiger partial charge in [-0.25, -0.2) is 0 Å². The van der Waals surface area contributed by atoms with Crippen molar-refractivity contribution in [3.63, 3.8) is 0 Å². The minimum Gasteiger partial charge on any atom is -0.481 e. The zero-order valence-electron chi connectivity index (χ0n) is 16.7. The molecule has 0 aliphatic heterocycles. The number of carbonyl (C=O) groups excluding carboxylic acids is 3. The van der Waals surface area contributed by atoms with Crippen LogP contribution in [0.5, 0.6) is 0 Å². The Bertz CT molecular complexity index is 610. The highest BCUT2D eigenvalue weighted by atomic mass is 16.4. The Morgan fingerprint density at radius 3 is 1.83 bits per heavy atom. The summed E-state index contributed by atoms with van der Waals surface area (Å²) in [4.78, 5) is 58.1. The van der Waals surface area contributed by atoms with E-state index in [0.29, 0.717) is 0 Å². The number of carbonyl (C=O) groups is 5. The van der Waals surface area contributed by atoms with Gasteiger partial charge in [0.05, 0.1) is 12.6 Å². The van der Waals surface area contributed by atoms with Gasteiger partial charge in [0.25, 0.3) is 0 Å². The summed E-state index contributed by atoms with van der Waals surface area (Å²) >= 11 is 0. The summed E-state index contributed by atoms with van der Waals surface area (Å²) in [5.41, 5.74) is 5.56. The number of carboxylic acid groups (broad SMARTS) is 2. The van der Waals surface area contributed by atoms with Gasteiger partial charge in [0.1, 0.15) is 18.1 Å². The highest BCUT2D eigenvalue weighted by Gasteiger charge is 2.29. The van der Waals surface area contributed by atoms with Crippen LogP contribution in [0, 0.1) is 5.92 Å². The van der Waals surface area contributed by atoms with E-state index in [1.807, 2.05) is 0 Å². The van der Waals surface area contributed by atoms with Gasteiger partial charge < -0.3 is 37.0 Å². The molecule has 0 radical (unpaired) electrons. The molecule has 0 heterocycles. The SMILES string of the molecule is CC(C)CC(NC(=O)C(CO)NC(=O)C(N)CCC(=O)O)C(=O)NC(C)C(=O)O. The molecule has 12 nitrogen and oxygen atoms in total. The average Bonchev–Trinajstić information content (AvgIpc) is 2.62. The van der Waals surface area contributed by atoms with E-state index >= 15 is 0 Å². The number of aliphatic hydroxyl groups is 1. The molecule has 0 saturated heterocycles. The van der Waals surface area contributed by atoms with E-state index in [9.17, 15) is 29.1 Å². The molecule has 0 bridgehead atoms. The minimum absolute atomic E-state index is 0.0298. The first-order valence-electron chi connectivity index (χ1n) is 9.11. The number of nitrogens with one attached hydrogen (secondary N) is 3. The van der Waals surface area contributed by atoms with E-state index in [2.05, 4.69) is 16.0 Å². The van der Waals surface area contributed by atoms with Gasteiger partial charge in [-0.1, -0.05) is 13.8 Å². The Hall–Kier alpha value is -2.73. The zero-order valence-corrected chi connectivity index (χ0v) is 16.7. The first-order valence-corrected chi connectivity index (χ1v) is 9.11. The summed E-state index contributed by atoms with van der Waals surface area (Å²) in [5, 5.41) is 33.8. The van der Waals surface area contributed by atoms with E-state index in [1.54, 1.807) is 13.8 Å². The number of hydrogen-bond donors (Lipinski definition) is 7. The first-order chi connectivity index (χ1) is 13.4. The van der Waals surface area contributed by atoms with Crippen molar-refractivity contribution in [2.75, 3.05) is 6.61 Å². The topological polar surface area (TPSA) is 208 Å². The average molecular weight is 418 g/mol. The van der Waals surface area contributed by atoms with Gasteiger partial charge >= 0.3 is 11.9 Å². The van der Waals surface area contributed by atoms with Gasteiger partial charge in [-0.3, -0.25) is 24.0 Å². The Morgan fingerprint density at radius 1 is 0.862 bits per heavy atom. The second-order valence-corrected chi connectivity index (χ2v) is 7.04. The molecule has 29 heavy (non-hydrogen) atoms. The lowest BCUT2D eigenvalue weighted by Crippen LogP contribution is -2.58. The van der Waals surface area contributed by atoms with E-state index in [1.165, 1.54) is 6.92 Å². The molecule has 4 unspecified atom stereocenters. The summed E-state index contributed by atoms with van der Waals surface area (Å²) in [6.07, 6.45) is -0.316. The highest BCUT2D eigenvalue weighted by Crippen LogP contribution is 2.06. The summed E-state index contributed by atoms with van der Waals surface area (Å²) in [6.45, 7) is 4.06. The van der Waals surface area contributed by atoms with Gasteiger partial charge in [0.2, 0.25) is 17.7 Å². The van der Waals surface area contributed by atoms with Crippen LogP contribution in [0.3, 0.4) is 0 Å². The molecule has 3 amide bonds. The fraction of sp³-hybridized carbons (Fsp3) is 0.706. The van der Waals surface area contributed by atoms with E-state index < -0.39 is 60.4 Å². The van der Waals surface area contributed by atoms with Crippen molar-refractivity contribution >= 4 is 29.7 Å². The molecule has 166 valence electrons. The maximum absolute atomic E-state index is 12.4. The molecule has 0 aromatic carbocycles. The van der Waals surface area contributed by atoms with Crippen molar-refractivity contribution in [1.82, 2.24) is 16.0 Å². The summed E-state index contributed by atoms with van der Waals surface area (Å²) in [7, 11) is 0. The van der Waals surface area contributed by atoms with Gasteiger partial charge in [-0.15, -0.1) is 0 Å².